The summed E-state index contributed by atoms with van der Waals surface area (Å²) in [6.45, 7) is 1.76. The molecule has 0 radical (unpaired) electrons. The summed E-state index contributed by atoms with van der Waals surface area (Å²) < 4.78 is 0. The summed E-state index contributed by atoms with van der Waals surface area (Å²) in [5.74, 6) is 0. The highest BCUT2D eigenvalue weighted by atomic mass is 14.9. The van der Waals surface area contributed by atoms with Crippen LogP contribution in [0.1, 0.15) is 0 Å². The number of nitrogens with one attached hydrogen (secondary N) is 2. The van der Waals surface area contributed by atoms with Gasteiger partial charge in [-0.15, -0.1) is 0 Å². The van der Waals surface area contributed by atoms with Crippen LogP contribution < -0.4 is 10.6 Å². The van der Waals surface area contributed by atoms with Gasteiger partial charge in [-0.2, -0.15) is 0 Å². The van der Waals surface area contributed by atoms with E-state index in [1.54, 1.807) is 0 Å². The molecule has 0 saturated carbocycles. The van der Waals surface area contributed by atoms with Crippen LogP contribution >= 0.6 is 0 Å². The summed E-state index contributed by atoms with van der Waals surface area (Å²) >= 11 is 0. The molecule has 0 aliphatic heterocycles. The Morgan fingerprint density at radius 3 is 2.39 bits per heavy atom. The third-order valence-electron chi connectivity index (χ3n) is 4.10. The van der Waals surface area contributed by atoms with Gasteiger partial charge in [0, 0.05) is 35.4 Å². The predicted molar refractivity (Wildman–Crippen MR) is 97.0 cm³/mol. The van der Waals surface area contributed by atoms with Crippen LogP contribution in [0.3, 0.4) is 0 Å². The van der Waals surface area contributed by atoms with E-state index in [-0.39, 0.29) is 0 Å². The molecule has 0 aliphatic rings. The summed E-state index contributed by atoms with van der Waals surface area (Å²) in [5, 5.41) is 10.0. The molecule has 2 N–H and O–H groups in total. The molecule has 2 aromatic carbocycles. The highest BCUT2D eigenvalue weighted by Crippen LogP contribution is 2.33. The lowest BCUT2D eigenvalue weighted by Gasteiger charge is -2.14. The van der Waals surface area contributed by atoms with Gasteiger partial charge in [0.1, 0.15) is 0 Å². The number of para-hydroxylation sites is 2. The smallest absolute Gasteiger partial charge is 0.0840 e. The number of anilines is 1. The summed E-state index contributed by atoms with van der Waals surface area (Å²) in [5.41, 5.74) is 4.09. The molecule has 0 atom stereocenters. The summed E-state index contributed by atoms with van der Waals surface area (Å²) in [6.07, 6.45) is 1.93. The number of hydrogen-bond acceptors (Lipinski definition) is 4. The van der Waals surface area contributed by atoms with Gasteiger partial charge in [-0.25, -0.2) is 4.98 Å². The van der Waals surface area contributed by atoms with Gasteiger partial charge in [0.05, 0.1) is 22.2 Å². The first-order chi connectivity index (χ1) is 11.4. The summed E-state index contributed by atoms with van der Waals surface area (Å²) in [4.78, 5) is 9.51. The minimum atomic E-state index is 0.854. The van der Waals surface area contributed by atoms with Crippen molar-refractivity contribution < 1.29 is 0 Å². The maximum atomic E-state index is 4.90. The zero-order valence-electron chi connectivity index (χ0n) is 13.0. The van der Waals surface area contributed by atoms with E-state index in [1.165, 1.54) is 0 Å². The number of likely N-dealkylation sites (N-methyl/N-ethyl adjacent to an activating group) is 1. The molecule has 2 heterocycles. The Hall–Kier alpha value is -2.72. The maximum absolute atomic E-state index is 4.90. The Morgan fingerprint density at radius 1 is 0.826 bits per heavy atom. The summed E-state index contributed by atoms with van der Waals surface area (Å²) in [6, 6.07) is 16.4. The van der Waals surface area contributed by atoms with E-state index in [9.17, 15) is 0 Å². The predicted octanol–water partition coefficient (Wildman–Crippen LogP) is 3.57. The lowest BCUT2D eigenvalue weighted by atomic mass is 10.1. The van der Waals surface area contributed by atoms with Crippen molar-refractivity contribution in [3.8, 4) is 0 Å². The van der Waals surface area contributed by atoms with Gasteiger partial charge in [-0.3, -0.25) is 4.98 Å². The van der Waals surface area contributed by atoms with Crippen molar-refractivity contribution >= 4 is 38.4 Å². The molecule has 4 heteroatoms. The van der Waals surface area contributed by atoms with Crippen LogP contribution in [0.25, 0.3) is 32.7 Å². The van der Waals surface area contributed by atoms with Crippen LogP contribution in [-0.4, -0.2) is 30.1 Å². The molecule has 0 unspecified atom stereocenters. The van der Waals surface area contributed by atoms with Crippen molar-refractivity contribution in [3.63, 3.8) is 0 Å². The number of benzene rings is 2. The Balaban J connectivity index is 2.06. The van der Waals surface area contributed by atoms with Crippen LogP contribution in [-0.2, 0) is 0 Å². The topological polar surface area (TPSA) is 49.8 Å². The molecule has 4 aromatic rings. The molecule has 23 heavy (non-hydrogen) atoms. The average molecular weight is 302 g/mol. The molecule has 0 spiro atoms. The number of hydrogen-bond donors (Lipinski definition) is 2. The largest absolute Gasteiger partial charge is 0.383 e. The first-order valence-electron chi connectivity index (χ1n) is 7.83. The SMILES string of the molecule is CNCCNc1c2ccccc2nc2c1cnc1ccccc12. The fraction of sp³-hybridized carbons (Fsp3) is 0.158. The molecule has 2 aromatic heterocycles. The standard InChI is InChI=1S/C19H18N4/c1-20-10-11-21-18-14-7-3-5-9-17(14)23-19-13-6-2-4-8-16(13)22-12-15(18)19/h2-9,12,20H,10-11H2,1H3,(H,21,23). The van der Waals surface area contributed by atoms with E-state index in [4.69, 9.17) is 4.98 Å². The van der Waals surface area contributed by atoms with Crippen molar-refractivity contribution in [1.82, 2.24) is 15.3 Å². The molecular formula is C19H18N4. The maximum Gasteiger partial charge on any atom is 0.0840 e. The number of rotatable bonds is 4. The quantitative estimate of drug-likeness (QED) is 0.344. The second-order valence-electron chi connectivity index (χ2n) is 5.57. The second kappa shape index (κ2) is 5.82. The van der Waals surface area contributed by atoms with E-state index in [2.05, 4.69) is 33.8 Å². The van der Waals surface area contributed by atoms with Crippen LogP contribution in [0.2, 0.25) is 0 Å². The number of pyridine rings is 2. The van der Waals surface area contributed by atoms with Crippen molar-refractivity contribution in [3.05, 3.63) is 54.7 Å². The summed E-state index contributed by atoms with van der Waals surface area (Å²) in [7, 11) is 1.96. The second-order valence-corrected chi connectivity index (χ2v) is 5.57. The minimum Gasteiger partial charge on any atom is -0.383 e. The molecule has 0 bridgehead atoms. The van der Waals surface area contributed by atoms with Crippen LogP contribution in [0.15, 0.2) is 54.7 Å². The van der Waals surface area contributed by atoms with Crippen molar-refractivity contribution in [1.29, 1.82) is 0 Å². The monoisotopic (exact) mass is 302 g/mol. The first kappa shape index (κ1) is 13.9. The first-order valence-corrected chi connectivity index (χ1v) is 7.83. The molecule has 4 rings (SSSR count). The van der Waals surface area contributed by atoms with Gasteiger partial charge in [-0.05, 0) is 19.2 Å². The van der Waals surface area contributed by atoms with Gasteiger partial charge in [-0.1, -0.05) is 36.4 Å². The Labute approximate surface area is 134 Å². The van der Waals surface area contributed by atoms with Gasteiger partial charge < -0.3 is 10.6 Å². The highest BCUT2D eigenvalue weighted by molar-refractivity contribution is 6.14. The van der Waals surface area contributed by atoms with Gasteiger partial charge in [0.2, 0.25) is 0 Å². The third kappa shape index (κ3) is 2.37. The molecule has 0 fully saturated rings. The number of nitrogens with zero attached hydrogens (tertiary/aromatic N) is 2. The van der Waals surface area contributed by atoms with Crippen molar-refractivity contribution in [2.75, 3.05) is 25.5 Å². The molecular weight excluding hydrogens is 284 g/mol. The minimum absolute atomic E-state index is 0.854. The van der Waals surface area contributed by atoms with E-state index in [0.29, 0.717) is 0 Å². The van der Waals surface area contributed by atoms with Crippen LogP contribution in [0, 0.1) is 0 Å². The fourth-order valence-electron chi connectivity index (χ4n) is 2.98. The van der Waals surface area contributed by atoms with Gasteiger partial charge in [0.15, 0.2) is 0 Å². The van der Waals surface area contributed by atoms with Crippen LogP contribution in [0.4, 0.5) is 5.69 Å². The third-order valence-corrected chi connectivity index (χ3v) is 4.10. The fourth-order valence-corrected chi connectivity index (χ4v) is 2.98. The highest BCUT2D eigenvalue weighted by Gasteiger charge is 2.11. The zero-order valence-corrected chi connectivity index (χ0v) is 13.0. The van der Waals surface area contributed by atoms with Gasteiger partial charge >= 0.3 is 0 Å². The normalized spacial score (nSPS) is 11.3. The number of aromatic nitrogens is 2. The van der Waals surface area contributed by atoms with Gasteiger partial charge in [0.25, 0.3) is 0 Å². The van der Waals surface area contributed by atoms with E-state index in [0.717, 1.165) is 51.5 Å². The molecule has 114 valence electrons. The molecule has 0 amide bonds. The van der Waals surface area contributed by atoms with Crippen molar-refractivity contribution in [2.45, 2.75) is 0 Å². The molecule has 0 aliphatic carbocycles. The molecule has 0 saturated heterocycles. The number of fused-ring (bicyclic) bond motifs is 4. The Morgan fingerprint density at radius 2 is 1.57 bits per heavy atom. The van der Waals surface area contributed by atoms with Crippen LogP contribution in [0.5, 0.6) is 0 Å². The lowest BCUT2D eigenvalue weighted by Crippen LogP contribution is -2.18. The average Bonchev–Trinajstić information content (AvgIpc) is 2.61. The van der Waals surface area contributed by atoms with E-state index >= 15 is 0 Å². The molecule has 4 nitrogen and oxygen atoms in total. The lowest BCUT2D eigenvalue weighted by molar-refractivity contribution is 0.825. The van der Waals surface area contributed by atoms with E-state index in [1.807, 2.05) is 43.6 Å². The Kier molecular flexibility index (Phi) is 3.52. The van der Waals surface area contributed by atoms with Crippen molar-refractivity contribution in [2.24, 2.45) is 0 Å². The Bertz CT molecular complexity index is 994. The van der Waals surface area contributed by atoms with E-state index < -0.39 is 0 Å². The zero-order chi connectivity index (χ0) is 15.6.